The predicted molar refractivity (Wildman–Crippen MR) is 117 cm³/mol. The molecule has 1 amide bonds. The molecule has 1 heterocycles. The number of nitrogens with one attached hydrogen (secondary N) is 1. The van der Waals surface area contributed by atoms with Gasteiger partial charge in [-0.05, 0) is 30.2 Å². The second-order valence-electron chi connectivity index (χ2n) is 7.18. The minimum atomic E-state index is -3.82. The van der Waals surface area contributed by atoms with Crippen molar-refractivity contribution in [3.8, 4) is 5.75 Å². The summed E-state index contributed by atoms with van der Waals surface area (Å²) in [4.78, 5) is 23.3. The van der Waals surface area contributed by atoms with Crippen LogP contribution in [0.5, 0.6) is 5.75 Å². The lowest BCUT2D eigenvalue weighted by molar-refractivity contribution is -0.385. The van der Waals surface area contributed by atoms with Crippen LogP contribution in [0.15, 0.2) is 41.3 Å². The molecule has 2 aromatic rings. The van der Waals surface area contributed by atoms with Crippen molar-refractivity contribution < 1.29 is 27.6 Å². The molecule has 1 aliphatic rings. The van der Waals surface area contributed by atoms with Gasteiger partial charge in [-0.2, -0.15) is 4.31 Å². The first-order valence-corrected chi connectivity index (χ1v) is 11.5. The number of morpholine rings is 1. The highest BCUT2D eigenvalue weighted by atomic mass is 32.2. The van der Waals surface area contributed by atoms with E-state index < -0.39 is 20.9 Å². The molecule has 1 saturated heterocycles. The number of carbonyl (C=O) groups excluding carboxylic acids is 1. The molecule has 2 aromatic carbocycles. The minimum Gasteiger partial charge on any atom is -0.495 e. The molecule has 3 rings (SSSR count). The molecule has 11 heteroatoms. The molecular weight excluding hydrogens is 438 g/mol. The number of nitrogens with zero attached hydrogens (tertiary/aromatic N) is 2. The number of methoxy groups -OCH3 is 1. The van der Waals surface area contributed by atoms with Crippen molar-refractivity contribution in [2.24, 2.45) is 0 Å². The Hall–Kier alpha value is -3.02. The summed E-state index contributed by atoms with van der Waals surface area (Å²) in [6.07, 6.45) is 0.385. The fourth-order valence-electron chi connectivity index (χ4n) is 3.46. The molecule has 1 N–H and O–H groups in total. The van der Waals surface area contributed by atoms with Gasteiger partial charge in [0.2, 0.25) is 15.9 Å². The predicted octanol–water partition coefficient (Wildman–Crippen LogP) is 2.37. The third kappa shape index (κ3) is 5.23. The highest BCUT2D eigenvalue weighted by Gasteiger charge is 2.29. The van der Waals surface area contributed by atoms with Crippen LogP contribution in [0, 0.1) is 10.1 Å². The average Bonchev–Trinajstić information content (AvgIpc) is 2.79. The molecule has 0 spiro atoms. The summed E-state index contributed by atoms with van der Waals surface area (Å²) in [6.45, 7) is 2.91. The number of ether oxygens (including phenoxy) is 2. The second kappa shape index (κ2) is 10.1. The number of benzene rings is 2. The highest BCUT2D eigenvalue weighted by molar-refractivity contribution is 7.89. The van der Waals surface area contributed by atoms with Crippen LogP contribution in [0.25, 0.3) is 0 Å². The molecule has 172 valence electrons. The summed E-state index contributed by atoms with van der Waals surface area (Å²) in [7, 11) is -2.44. The Morgan fingerprint density at radius 3 is 2.56 bits per heavy atom. The second-order valence-corrected chi connectivity index (χ2v) is 9.09. The topological polar surface area (TPSA) is 128 Å². The Labute approximate surface area is 186 Å². The number of hydrogen-bond acceptors (Lipinski definition) is 7. The number of aryl methyl sites for hydroxylation is 1. The van der Waals surface area contributed by atoms with Crippen LogP contribution >= 0.6 is 0 Å². The van der Waals surface area contributed by atoms with Gasteiger partial charge in [0.05, 0.1) is 31.7 Å². The first-order chi connectivity index (χ1) is 15.3. The Kier molecular flexibility index (Phi) is 7.44. The lowest BCUT2D eigenvalue weighted by Crippen LogP contribution is -2.40. The van der Waals surface area contributed by atoms with Gasteiger partial charge < -0.3 is 14.8 Å². The fourth-order valence-corrected chi connectivity index (χ4v) is 5.07. The Morgan fingerprint density at radius 2 is 1.94 bits per heavy atom. The van der Waals surface area contributed by atoms with Gasteiger partial charge in [-0.1, -0.05) is 19.1 Å². The quantitative estimate of drug-likeness (QED) is 0.470. The van der Waals surface area contributed by atoms with Crippen LogP contribution in [-0.4, -0.2) is 57.0 Å². The molecule has 1 aliphatic heterocycles. The van der Waals surface area contributed by atoms with E-state index in [-0.39, 0.29) is 35.8 Å². The van der Waals surface area contributed by atoms with E-state index in [1.807, 2.05) is 6.92 Å². The van der Waals surface area contributed by atoms with Gasteiger partial charge in [0.1, 0.15) is 10.6 Å². The molecule has 0 aliphatic carbocycles. The van der Waals surface area contributed by atoms with Gasteiger partial charge in [0.15, 0.2) is 0 Å². The van der Waals surface area contributed by atoms with Crippen molar-refractivity contribution >= 4 is 27.3 Å². The number of anilines is 1. The van der Waals surface area contributed by atoms with Crippen molar-refractivity contribution in [3.05, 3.63) is 57.6 Å². The number of nitro benzene ring substituents is 1. The molecule has 0 radical (unpaired) electrons. The first-order valence-electron chi connectivity index (χ1n) is 10.1. The lowest BCUT2D eigenvalue weighted by atomic mass is 10.1. The largest absolute Gasteiger partial charge is 0.495 e. The maximum absolute atomic E-state index is 13.1. The van der Waals surface area contributed by atoms with Crippen molar-refractivity contribution in [3.63, 3.8) is 0 Å². The minimum absolute atomic E-state index is 0.0184. The van der Waals surface area contributed by atoms with Gasteiger partial charge in [-0.3, -0.25) is 14.9 Å². The summed E-state index contributed by atoms with van der Waals surface area (Å²) in [6, 6.07) is 9.07. The van der Waals surface area contributed by atoms with Crippen molar-refractivity contribution in [1.82, 2.24) is 4.31 Å². The summed E-state index contributed by atoms with van der Waals surface area (Å²) in [5.74, 6) is -0.241. The molecular formula is C21H25N3O7S. The summed E-state index contributed by atoms with van der Waals surface area (Å²) < 4.78 is 38.0. The number of nitro groups is 1. The van der Waals surface area contributed by atoms with Gasteiger partial charge in [0, 0.05) is 30.4 Å². The maximum atomic E-state index is 13.1. The lowest BCUT2D eigenvalue weighted by Gasteiger charge is -2.26. The summed E-state index contributed by atoms with van der Waals surface area (Å²) >= 11 is 0. The monoisotopic (exact) mass is 463 g/mol. The standard InChI is InChI=1S/C21H25N3O7S/c1-3-16-5-6-17(14-18(16)24(26)27)22-21(25)13-15-4-7-19(30-2)20(12-15)32(28,29)23-8-10-31-11-9-23/h4-7,12,14H,3,8-11,13H2,1-2H3,(H,22,25). The van der Waals surface area contributed by atoms with Gasteiger partial charge in [-0.25, -0.2) is 8.42 Å². The Bertz CT molecular complexity index is 1110. The number of rotatable bonds is 8. The van der Waals surface area contributed by atoms with E-state index in [2.05, 4.69) is 5.32 Å². The van der Waals surface area contributed by atoms with E-state index in [0.29, 0.717) is 36.4 Å². The van der Waals surface area contributed by atoms with Gasteiger partial charge in [-0.15, -0.1) is 0 Å². The van der Waals surface area contributed by atoms with Crippen LogP contribution in [0.4, 0.5) is 11.4 Å². The van der Waals surface area contributed by atoms with E-state index in [1.54, 1.807) is 18.2 Å². The molecule has 0 bridgehead atoms. The van der Waals surface area contributed by atoms with Gasteiger partial charge >= 0.3 is 0 Å². The van der Waals surface area contributed by atoms with Crippen LogP contribution in [-0.2, 0) is 32.4 Å². The van der Waals surface area contributed by atoms with E-state index in [4.69, 9.17) is 9.47 Å². The van der Waals surface area contributed by atoms with Crippen LogP contribution in [0.2, 0.25) is 0 Å². The van der Waals surface area contributed by atoms with Crippen molar-refractivity contribution in [1.29, 1.82) is 0 Å². The number of amides is 1. The third-order valence-corrected chi connectivity index (χ3v) is 7.05. The van der Waals surface area contributed by atoms with E-state index in [0.717, 1.165) is 0 Å². The molecule has 0 atom stereocenters. The summed E-state index contributed by atoms with van der Waals surface area (Å²) in [5.41, 5.74) is 1.28. The zero-order valence-corrected chi connectivity index (χ0v) is 18.7. The molecule has 0 saturated carbocycles. The number of sulfonamides is 1. The van der Waals surface area contributed by atoms with Gasteiger partial charge in [0.25, 0.3) is 5.69 Å². The van der Waals surface area contributed by atoms with E-state index in [9.17, 15) is 23.3 Å². The summed E-state index contributed by atoms with van der Waals surface area (Å²) in [5, 5.41) is 13.9. The number of carbonyl (C=O) groups is 1. The van der Waals surface area contributed by atoms with Crippen molar-refractivity contribution in [2.75, 3.05) is 38.7 Å². The zero-order valence-electron chi connectivity index (χ0n) is 17.9. The molecule has 0 unspecified atom stereocenters. The van der Waals surface area contributed by atoms with Crippen LogP contribution in [0.3, 0.4) is 0 Å². The first kappa shape index (κ1) is 23.6. The fraction of sp³-hybridized carbons (Fsp3) is 0.381. The molecule has 32 heavy (non-hydrogen) atoms. The van der Waals surface area contributed by atoms with E-state index in [1.165, 1.54) is 29.6 Å². The normalized spacial score (nSPS) is 14.7. The maximum Gasteiger partial charge on any atom is 0.274 e. The third-order valence-electron chi connectivity index (χ3n) is 5.13. The zero-order chi connectivity index (χ0) is 23.3. The number of hydrogen-bond donors (Lipinski definition) is 1. The molecule has 10 nitrogen and oxygen atoms in total. The van der Waals surface area contributed by atoms with E-state index >= 15 is 0 Å². The molecule has 1 fully saturated rings. The smallest absolute Gasteiger partial charge is 0.274 e. The average molecular weight is 464 g/mol. The molecule has 0 aromatic heterocycles. The van der Waals surface area contributed by atoms with Crippen LogP contribution in [0.1, 0.15) is 18.1 Å². The Balaban J connectivity index is 1.81. The van der Waals surface area contributed by atoms with Crippen LogP contribution < -0.4 is 10.1 Å². The van der Waals surface area contributed by atoms with Crippen molar-refractivity contribution in [2.45, 2.75) is 24.7 Å². The highest BCUT2D eigenvalue weighted by Crippen LogP contribution is 2.29. The Morgan fingerprint density at radius 1 is 1.22 bits per heavy atom. The SMILES string of the molecule is CCc1ccc(NC(=O)Cc2ccc(OC)c(S(=O)(=O)N3CCOCC3)c2)cc1[N+](=O)[O-].